The lowest BCUT2D eigenvalue weighted by Gasteiger charge is -2.25. The Bertz CT molecular complexity index is 1260. The number of hydrogen-bond donors (Lipinski definition) is 1. The average molecular weight is 416 g/mol. The van der Waals surface area contributed by atoms with Crippen LogP contribution in [0.5, 0.6) is 0 Å². The summed E-state index contributed by atoms with van der Waals surface area (Å²) in [5.41, 5.74) is 4.86. The number of carbonyl (C=O) groups is 3. The molecule has 1 N–H and O–H groups in total. The number of Topliss-reactive ketones (excluding diaryl/α,β-unsaturated/α-hetero) is 1. The van der Waals surface area contributed by atoms with E-state index in [2.05, 4.69) is 15.5 Å². The Morgan fingerprint density at radius 3 is 2.68 bits per heavy atom. The molecule has 1 aliphatic carbocycles. The Hall–Kier alpha value is -3.81. The maximum atomic E-state index is 13.1. The molecule has 156 valence electrons. The minimum Gasteiger partial charge on any atom is -0.421 e. The summed E-state index contributed by atoms with van der Waals surface area (Å²) in [7, 11) is 0. The molecule has 0 unspecified atom stereocenters. The third-order valence-electron chi connectivity index (χ3n) is 5.71. The van der Waals surface area contributed by atoms with Crippen LogP contribution >= 0.6 is 0 Å². The van der Waals surface area contributed by atoms with Crippen molar-refractivity contribution in [3.05, 3.63) is 52.9 Å². The zero-order chi connectivity index (χ0) is 21.7. The van der Waals surface area contributed by atoms with E-state index in [4.69, 9.17) is 4.42 Å². The quantitative estimate of drug-likeness (QED) is 0.515. The fourth-order valence-electron chi connectivity index (χ4n) is 4.41. The van der Waals surface area contributed by atoms with Crippen LogP contribution in [0.4, 0.5) is 17.1 Å². The van der Waals surface area contributed by atoms with Crippen molar-refractivity contribution in [2.45, 2.75) is 39.5 Å². The largest absolute Gasteiger partial charge is 0.421 e. The Labute approximate surface area is 178 Å². The van der Waals surface area contributed by atoms with Crippen LogP contribution in [0.15, 0.2) is 34.7 Å². The summed E-state index contributed by atoms with van der Waals surface area (Å²) < 4.78 is 5.52. The fraction of sp³-hybridized carbons (Fsp3) is 0.261. The summed E-state index contributed by atoms with van der Waals surface area (Å²) in [5, 5.41) is 10.8. The molecular weight excluding hydrogens is 396 g/mol. The van der Waals surface area contributed by atoms with Gasteiger partial charge in [0.1, 0.15) is 6.42 Å². The van der Waals surface area contributed by atoms with E-state index in [0.717, 1.165) is 30.4 Å². The van der Waals surface area contributed by atoms with Crippen molar-refractivity contribution < 1.29 is 18.8 Å². The van der Waals surface area contributed by atoms with Gasteiger partial charge in [-0.15, -0.1) is 10.2 Å². The number of aromatic nitrogens is 2. The molecular formula is C23H20N4O4. The van der Waals surface area contributed by atoms with Crippen LogP contribution in [0.2, 0.25) is 0 Å². The zero-order valence-electron chi connectivity index (χ0n) is 17.2. The van der Waals surface area contributed by atoms with E-state index in [1.165, 1.54) is 11.8 Å². The third-order valence-corrected chi connectivity index (χ3v) is 5.71. The highest BCUT2D eigenvalue weighted by Gasteiger charge is 2.33. The van der Waals surface area contributed by atoms with Crippen LogP contribution in [0.1, 0.15) is 47.1 Å². The van der Waals surface area contributed by atoms with Gasteiger partial charge in [0, 0.05) is 23.7 Å². The molecule has 2 aromatic carbocycles. The maximum Gasteiger partial charge on any atom is 0.247 e. The third kappa shape index (κ3) is 3.20. The van der Waals surface area contributed by atoms with Crippen LogP contribution in [0.25, 0.3) is 11.5 Å². The number of hydrogen-bond acceptors (Lipinski definition) is 6. The van der Waals surface area contributed by atoms with Crippen molar-refractivity contribution in [3.63, 3.8) is 0 Å². The predicted octanol–water partition coefficient (Wildman–Crippen LogP) is 3.74. The molecule has 0 bridgehead atoms. The summed E-state index contributed by atoms with van der Waals surface area (Å²) in [5.74, 6) is -0.00819. The molecule has 0 radical (unpaired) electrons. The number of carbonyl (C=O) groups excluding carboxylic acids is 3. The van der Waals surface area contributed by atoms with Crippen molar-refractivity contribution >= 4 is 34.7 Å². The molecule has 0 saturated heterocycles. The minimum atomic E-state index is -0.373. The average Bonchev–Trinajstić information content (AvgIpc) is 3.36. The van der Waals surface area contributed by atoms with Gasteiger partial charge in [0.05, 0.1) is 11.4 Å². The first-order valence-electron chi connectivity index (χ1n) is 10.2. The Morgan fingerprint density at radius 1 is 1.13 bits per heavy atom. The standard InChI is InChI=1S/C23H20N4O4/c1-12(28)18-10-19-22(17-8-4-7-16(17)18)24-20(29)11-21(30)27(19)15-6-3-5-14(9-15)23-26-25-13(2)31-23/h3,5-6,9-10H,4,7-8,11H2,1-2H3,(H,24,29). The zero-order valence-corrected chi connectivity index (χ0v) is 17.2. The van der Waals surface area contributed by atoms with Gasteiger partial charge in [-0.05, 0) is 61.6 Å². The number of aryl methyl sites for hydroxylation is 1. The molecule has 2 aliphatic rings. The summed E-state index contributed by atoms with van der Waals surface area (Å²) >= 11 is 0. The molecule has 0 fully saturated rings. The first kappa shape index (κ1) is 19.2. The van der Waals surface area contributed by atoms with Crippen LogP contribution in [-0.2, 0) is 22.4 Å². The summed E-state index contributed by atoms with van der Waals surface area (Å²) in [6.45, 7) is 3.23. The topological polar surface area (TPSA) is 105 Å². The predicted molar refractivity (Wildman–Crippen MR) is 113 cm³/mol. The van der Waals surface area contributed by atoms with Gasteiger partial charge in [-0.2, -0.15) is 0 Å². The SMILES string of the molecule is CC(=O)c1cc2c(c3c1CCC3)NC(=O)CC(=O)N2c1cccc(-c2nnc(C)o2)c1. The Morgan fingerprint density at radius 2 is 1.94 bits per heavy atom. The van der Waals surface area contributed by atoms with Gasteiger partial charge in [-0.25, -0.2) is 0 Å². The van der Waals surface area contributed by atoms with E-state index >= 15 is 0 Å². The summed E-state index contributed by atoms with van der Waals surface area (Å²) in [6.07, 6.45) is 2.15. The molecule has 0 atom stereocenters. The van der Waals surface area contributed by atoms with Crippen LogP contribution < -0.4 is 10.2 Å². The van der Waals surface area contributed by atoms with Gasteiger partial charge in [-0.3, -0.25) is 19.3 Å². The smallest absolute Gasteiger partial charge is 0.247 e. The molecule has 2 amide bonds. The number of nitrogens with one attached hydrogen (secondary N) is 1. The molecule has 0 saturated carbocycles. The molecule has 1 aromatic heterocycles. The van der Waals surface area contributed by atoms with E-state index in [1.54, 1.807) is 31.2 Å². The van der Waals surface area contributed by atoms with E-state index in [-0.39, 0.29) is 24.0 Å². The maximum absolute atomic E-state index is 13.1. The van der Waals surface area contributed by atoms with Crippen LogP contribution in [0, 0.1) is 6.92 Å². The molecule has 2 heterocycles. The molecule has 5 rings (SSSR count). The molecule has 1 aliphatic heterocycles. The monoisotopic (exact) mass is 416 g/mol. The van der Waals surface area contributed by atoms with Gasteiger partial charge >= 0.3 is 0 Å². The second-order valence-corrected chi connectivity index (χ2v) is 7.82. The molecule has 8 heteroatoms. The molecule has 31 heavy (non-hydrogen) atoms. The number of nitrogens with zero attached hydrogens (tertiary/aromatic N) is 3. The Kier molecular flexibility index (Phi) is 4.43. The van der Waals surface area contributed by atoms with Crippen molar-refractivity contribution in [3.8, 4) is 11.5 Å². The highest BCUT2D eigenvalue weighted by molar-refractivity contribution is 6.18. The normalized spacial score (nSPS) is 15.4. The van der Waals surface area contributed by atoms with Gasteiger partial charge in [0.25, 0.3) is 0 Å². The number of benzene rings is 2. The lowest BCUT2D eigenvalue weighted by Crippen LogP contribution is -2.26. The van der Waals surface area contributed by atoms with E-state index in [1.807, 2.05) is 6.07 Å². The van der Waals surface area contributed by atoms with Crippen LogP contribution in [-0.4, -0.2) is 27.8 Å². The second-order valence-electron chi connectivity index (χ2n) is 7.82. The van der Waals surface area contributed by atoms with Gasteiger partial charge < -0.3 is 9.73 Å². The van der Waals surface area contributed by atoms with Crippen molar-refractivity contribution in [2.24, 2.45) is 0 Å². The first-order chi connectivity index (χ1) is 14.9. The first-order valence-corrected chi connectivity index (χ1v) is 10.2. The van der Waals surface area contributed by atoms with Crippen molar-refractivity contribution in [2.75, 3.05) is 10.2 Å². The molecule has 3 aromatic rings. The minimum absolute atomic E-state index is 0.0565. The Balaban J connectivity index is 1.72. The number of fused-ring (bicyclic) bond motifs is 3. The van der Waals surface area contributed by atoms with E-state index in [9.17, 15) is 14.4 Å². The van der Waals surface area contributed by atoms with Crippen molar-refractivity contribution in [1.29, 1.82) is 0 Å². The molecule has 0 spiro atoms. The fourth-order valence-corrected chi connectivity index (χ4v) is 4.41. The summed E-state index contributed by atoms with van der Waals surface area (Å²) in [4.78, 5) is 39.5. The highest BCUT2D eigenvalue weighted by Crippen LogP contribution is 2.44. The highest BCUT2D eigenvalue weighted by atomic mass is 16.4. The second kappa shape index (κ2) is 7.16. The van der Waals surface area contributed by atoms with E-state index < -0.39 is 0 Å². The number of rotatable bonds is 3. The summed E-state index contributed by atoms with van der Waals surface area (Å²) in [6, 6.07) is 8.88. The van der Waals surface area contributed by atoms with Gasteiger partial charge in [-0.1, -0.05) is 6.07 Å². The number of amides is 2. The lowest BCUT2D eigenvalue weighted by atomic mass is 9.96. The number of ketones is 1. The van der Waals surface area contributed by atoms with Crippen molar-refractivity contribution in [1.82, 2.24) is 10.2 Å². The van der Waals surface area contributed by atoms with Gasteiger partial charge in [0.15, 0.2) is 5.78 Å². The van der Waals surface area contributed by atoms with Gasteiger partial charge in [0.2, 0.25) is 23.6 Å². The number of anilines is 3. The van der Waals surface area contributed by atoms with E-state index in [0.29, 0.717) is 40.0 Å². The molecule has 8 nitrogen and oxygen atoms in total. The lowest BCUT2D eigenvalue weighted by molar-refractivity contribution is -0.124. The van der Waals surface area contributed by atoms with Crippen LogP contribution in [0.3, 0.4) is 0 Å².